The van der Waals surface area contributed by atoms with Gasteiger partial charge in [0.05, 0.1) is 11.6 Å². The van der Waals surface area contributed by atoms with Gasteiger partial charge in [0.2, 0.25) is 0 Å². The van der Waals surface area contributed by atoms with Crippen LogP contribution in [0, 0.1) is 12.8 Å². The van der Waals surface area contributed by atoms with Crippen molar-refractivity contribution in [1.82, 2.24) is 9.88 Å². The van der Waals surface area contributed by atoms with Crippen molar-refractivity contribution in [2.45, 2.75) is 51.3 Å². The number of hydrogen-bond donors (Lipinski definition) is 1. The Labute approximate surface area is 132 Å². The first-order valence-electron chi connectivity index (χ1n) is 8.48. The van der Waals surface area contributed by atoms with Crippen LogP contribution < -0.4 is 0 Å². The summed E-state index contributed by atoms with van der Waals surface area (Å²) in [5.74, 6) is 0.777. The van der Waals surface area contributed by atoms with Crippen LogP contribution in [-0.4, -0.2) is 33.6 Å². The smallest absolute Gasteiger partial charge is 0.0952 e. The number of nitrogens with zero attached hydrogens (tertiary/aromatic N) is 2. The zero-order chi connectivity index (χ0) is 15.3. The molecule has 2 aliphatic rings. The van der Waals surface area contributed by atoms with Crippen molar-refractivity contribution in [3.63, 3.8) is 0 Å². The van der Waals surface area contributed by atoms with Gasteiger partial charge in [-0.3, -0.25) is 9.88 Å². The van der Waals surface area contributed by atoms with Gasteiger partial charge < -0.3 is 5.11 Å². The van der Waals surface area contributed by atoms with Crippen molar-refractivity contribution < 1.29 is 5.11 Å². The maximum Gasteiger partial charge on any atom is 0.0952 e. The third-order valence-electron chi connectivity index (χ3n) is 5.73. The van der Waals surface area contributed by atoms with Gasteiger partial charge in [-0.2, -0.15) is 0 Å². The number of hydrogen-bond acceptors (Lipinski definition) is 3. The van der Waals surface area contributed by atoms with Gasteiger partial charge in [-0.05, 0) is 62.4 Å². The second kappa shape index (κ2) is 5.32. The average Bonchev–Trinajstić information content (AvgIpc) is 3.10. The molecular formula is C19H24N2O. The summed E-state index contributed by atoms with van der Waals surface area (Å²) >= 11 is 0. The Balaban J connectivity index is 1.72. The highest BCUT2D eigenvalue weighted by molar-refractivity contribution is 5.83. The zero-order valence-electron chi connectivity index (χ0n) is 13.4. The Hall–Kier alpha value is -1.45. The van der Waals surface area contributed by atoms with E-state index in [9.17, 15) is 5.11 Å². The maximum atomic E-state index is 11.1. The van der Waals surface area contributed by atoms with Crippen LogP contribution >= 0.6 is 0 Å². The van der Waals surface area contributed by atoms with E-state index < -0.39 is 6.10 Å². The van der Waals surface area contributed by atoms with E-state index in [2.05, 4.69) is 41.9 Å². The fourth-order valence-corrected chi connectivity index (χ4v) is 4.70. The van der Waals surface area contributed by atoms with E-state index in [0.29, 0.717) is 6.04 Å². The largest absolute Gasteiger partial charge is 0.387 e. The number of aliphatic hydroxyl groups is 1. The summed E-state index contributed by atoms with van der Waals surface area (Å²) in [7, 11) is 0. The number of pyridine rings is 1. The summed E-state index contributed by atoms with van der Waals surface area (Å²) in [5, 5.41) is 12.2. The molecule has 5 atom stereocenters. The Morgan fingerprint density at radius 1 is 1.36 bits per heavy atom. The van der Waals surface area contributed by atoms with Crippen LogP contribution in [0.15, 0.2) is 30.5 Å². The monoisotopic (exact) mass is 296 g/mol. The first-order valence-corrected chi connectivity index (χ1v) is 8.48. The van der Waals surface area contributed by atoms with Crippen LogP contribution in [0.3, 0.4) is 0 Å². The normalized spacial score (nSPS) is 31.8. The number of aromatic nitrogens is 1. The molecule has 4 unspecified atom stereocenters. The van der Waals surface area contributed by atoms with Crippen molar-refractivity contribution in [3.05, 3.63) is 41.6 Å². The van der Waals surface area contributed by atoms with E-state index in [0.717, 1.165) is 35.3 Å². The fourth-order valence-electron chi connectivity index (χ4n) is 4.70. The Bertz CT molecular complexity index is 699. The Morgan fingerprint density at radius 2 is 2.23 bits per heavy atom. The second-order valence-electron chi connectivity index (χ2n) is 6.93. The topological polar surface area (TPSA) is 36.4 Å². The molecule has 3 nitrogen and oxygen atoms in total. The predicted molar refractivity (Wildman–Crippen MR) is 88.7 cm³/mol. The maximum absolute atomic E-state index is 11.1. The molecule has 1 aromatic heterocycles. The molecule has 2 bridgehead atoms. The van der Waals surface area contributed by atoms with E-state index in [-0.39, 0.29) is 6.04 Å². The number of piperidine rings is 1. The molecule has 0 amide bonds. The van der Waals surface area contributed by atoms with Crippen molar-refractivity contribution in [2.24, 2.45) is 5.92 Å². The SMILES string of the molecule is CCC1C2CCN1[C@@H](C(O)c1ccnc3ccc(C)cc13)C2. The van der Waals surface area contributed by atoms with Crippen LogP contribution in [0.1, 0.15) is 43.4 Å². The van der Waals surface area contributed by atoms with Gasteiger partial charge in [0.15, 0.2) is 0 Å². The first kappa shape index (κ1) is 14.2. The molecular weight excluding hydrogens is 272 g/mol. The number of aryl methyl sites for hydroxylation is 1. The lowest BCUT2D eigenvalue weighted by Crippen LogP contribution is -2.38. The van der Waals surface area contributed by atoms with Gasteiger partial charge in [0, 0.05) is 23.7 Å². The van der Waals surface area contributed by atoms with Crippen molar-refractivity contribution in [2.75, 3.05) is 6.54 Å². The van der Waals surface area contributed by atoms with Crippen LogP contribution in [0.5, 0.6) is 0 Å². The number of benzene rings is 1. The first-order chi connectivity index (χ1) is 10.7. The van der Waals surface area contributed by atoms with Crippen molar-refractivity contribution >= 4 is 10.9 Å². The van der Waals surface area contributed by atoms with Crippen LogP contribution in [0.4, 0.5) is 0 Å². The lowest BCUT2D eigenvalue weighted by atomic mass is 9.90. The molecule has 116 valence electrons. The fraction of sp³-hybridized carbons (Fsp3) is 0.526. The predicted octanol–water partition coefficient (Wildman–Crippen LogP) is 3.45. The second-order valence-corrected chi connectivity index (χ2v) is 6.93. The zero-order valence-corrected chi connectivity index (χ0v) is 13.4. The van der Waals surface area contributed by atoms with Crippen LogP contribution in [-0.2, 0) is 0 Å². The highest BCUT2D eigenvalue weighted by Gasteiger charge is 2.47. The lowest BCUT2D eigenvalue weighted by Gasteiger charge is -2.31. The highest BCUT2D eigenvalue weighted by atomic mass is 16.3. The van der Waals surface area contributed by atoms with Gasteiger partial charge in [-0.1, -0.05) is 18.6 Å². The Kier molecular flexibility index (Phi) is 3.43. The molecule has 1 N–H and O–H groups in total. The molecule has 2 aromatic rings. The third kappa shape index (κ3) is 2.07. The summed E-state index contributed by atoms with van der Waals surface area (Å²) in [6, 6.07) is 9.24. The average molecular weight is 296 g/mol. The standard InChI is InChI=1S/C19H24N2O/c1-3-17-13-7-9-21(17)18(11-13)19(22)14-6-8-20-16-5-4-12(2)10-15(14)16/h4-6,8,10,13,17-19,22H,3,7,9,11H2,1-2H3/t13?,17?,18-,19?/m1/s1. The quantitative estimate of drug-likeness (QED) is 0.942. The van der Waals surface area contributed by atoms with Gasteiger partial charge >= 0.3 is 0 Å². The molecule has 2 aliphatic heterocycles. The van der Waals surface area contributed by atoms with E-state index >= 15 is 0 Å². The minimum atomic E-state index is -0.411. The molecule has 2 saturated heterocycles. The molecule has 0 spiro atoms. The van der Waals surface area contributed by atoms with Crippen LogP contribution in [0.25, 0.3) is 10.9 Å². The summed E-state index contributed by atoms with van der Waals surface area (Å²) < 4.78 is 0. The van der Waals surface area contributed by atoms with Gasteiger partial charge in [0.1, 0.15) is 0 Å². The molecule has 0 saturated carbocycles. The van der Waals surface area contributed by atoms with Gasteiger partial charge in [-0.15, -0.1) is 0 Å². The van der Waals surface area contributed by atoms with Crippen molar-refractivity contribution in [3.8, 4) is 0 Å². The van der Waals surface area contributed by atoms with E-state index in [1.807, 2.05) is 12.3 Å². The molecule has 0 aliphatic carbocycles. The summed E-state index contributed by atoms with van der Waals surface area (Å²) in [5.41, 5.74) is 3.24. The molecule has 2 fully saturated rings. The summed E-state index contributed by atoms with van der Waals surface area (Å²) in [4.78, 5) is 7.00. The summed E-state index contributed by atoms with van der Waals surface area (Å²) in [6.45, 7) is 5.51. The minimum absolute atomic E-state index is 0.273. The van der Waals surface area contributed by atoms with E-state index in [1.54, 1.807) is 0 Å². The van der Waals surface area contributed by atoms with E-state index in [4.69, 9.17) is 0 Å². The number of aliphatic hydroxyl groups excluding tert-OH is 1. The molecule has 3 heteroatoms. The van der Waals surface area contributed by atoms with Gasteiger partial charge in [0.25, 0.3) is 0 Å². The van der Waals surface area contributed by atoms with E-state index in [1.165, 1.54) is 18.4 Å². The number of rotatable bonds is 3. The summed E-state index contributed by atoms with van der Waals surface area (Å²) in [6.07, 6.45) is 5.06. The molecule has 0 radical (unpaired) electrons. The molecule has 22 heavy (non-hydrogen) atoms. The van der Waals surface area contributed by atoms with Crippen LogP contribution in [0.2, 0.25) is 0 Å². The minimum Gasteiger partial charge on any atom is -0.387 e. The third-order valence-corrected chi connectivity index (χ3v) is 5.73. The molecule has 4 rings (SSSR count). The lowest BCUT2D eigenvalue weighted by molar-refractivity contribution is 0.0594. The Morgan fingerprint density at radius 3 is 3.00 bits per heavy atom. The van der Waals surface area contributed by atoms with Crippen molar-refractivity contribution in [1.29, 1.82) is 0 Å². The molecule has 1 aromatic carbocycles. The molecule has 3 heterocycles. The number of fused-ring (bicyclic) bond motifs is 3. The van der Waals surface area contributed by atoms with Gasteiger partial charge in [-0.25, -0.2) is 0 Å². The highest BCUT2D eigenvalue weighted by Crippen LogP contribution is 2.45.